The highest BCUT2D eigenvalue weighted by Gasteiger charge is 2.19. The maximum Gasteiger partial charge on any atom is 0.269 e. The van der Waals surface area contributed by atoms with Gasteiger partial charge in [0.1, 0.15) is 16.5 Å². The van der Waals surface area contributed by atoms with Crippen molar-refractivity contribution in [1.29, 1.82) is 0 Å². The first-order chi connectivity index (χ1) is 10.3. The van der Waals surface area contributed by atoms with Gasteiger partial charge in [-0.25, -0.2) is 21.9 Å². The molecule has 116 valence electrons. The second-order valence-electron chi connectivity index (χ2n) is 4.32. The summed E-state index contributed by atoms with van der Waals surface area (Å²) in [7, 11) is -4.16. The molecule has 2 rings (SSSR count). The van der Waals surface area contributed by atoms with Gasteiger partial charge in [0.15, 0.2) is 0 Å². The van der Waals surface area contributed by atoms with Gasteiger partial charge in [-0.05, 0) is 17.7 Å². The highest BCUT2D eigenvalue weighted by atomic mass is 32.2. The molecule has 0 amide bonds. The molecule has 6 nitrogen and oxygen atoms in total. The molecule has 0 aliphatic carbocycles. The van der Waals surface area contributed by atoms with E-state index in [4.69, 9.17) is 0 Å². The van der Waals surface area contributed by atoms with Gasteiger partial charge in [0.05, 0.1) is 4.92 Å². The maximum absolute atomic E-state index is 13.5. The Morgan fingerprint density at radius 3 is 2.27 bits per heavy atom. The Morgan fingerprint density at radius 1 is 1.09 bits per heavy atom. The molecule has 2 aromatic carbocycles. The molecule has 0 atom stereocenters. The van der Waals surface area contributed by atoms with Crippen LogP contribution in [0.4, 0.5) is 14.5 Å². The average molecular weight is 328 g/mol. The molecule has 0 bridgehead atoms. The molecule has 0 aliphatic rings. The van der Waals surface area contributed by atoms with E-state index in [1.165, 1.54) is 24.3 Å². The summed E-state index contributed by atoms with van der Waals surface area (Å²) in [6, 6.07) is 7.33. The Labute approximate surface area is 124 Å². The number of halogens is 2. The van der Waals surface area contributed by atoms with Crippen LogP contribution in [0.3, 0.4) is 0 Å². The van der Waals surface area contributed by atoms with Gasteiger partial charge in [0.2, 0.25) is 10.0 Å². The van der Waals surface area contributed by atoms with E-state index in [1.807, 2.05) is 0 Å². The summed E-state index contributed by atoms with van der Waals surface area (Å²) in [5, 5.41) is 10.5. The first-order valence-electron chi connectivity index (χ1n) is 5.97. The molecule has 0 unspecified atom stereocenters. The monoisotopic (exact) mass is 328 g/mol. The Bertz CT molecular complexity index is 807. The Hall–Kier alpha value is -2.39. The van der Waals surface area contributed by atoms with Crippen molar-refractivity contribution in [3.05, 3.63) is 69.8 Å². The summed E-state index contributed by atoms with van der Waals surface area (Å²) in [6.07, 6.45) is 0. The topological polar surface area (TPSA) is 89.3 Å². The Morgan fingerprint density at radius 2 is 1.73 bits per heavy atom. The fourth-order valence-corrected chi connectivity index (χ4v) is 2.76. The maximum atomic E-state index is 13.5. The summed E-state index contributed by atoms with van der Waals surface area (Å²) in [5.74, 6) is -2.08. The van der Waals surface area contributed by atoms with Crippen LogP contribution in [0.25, 0.3) is 0 Å². The molecular weight excluding hydrogens is 318 g/mol. The van der Waals surface area contributed by atoms with Gasteiger partial charge in [0.25, 0.3) is 5.69 Å². The second-order valence-corrected chi connectivity index (χ2v) is 6.06. The molecule has 22 heavy (non-hydrogen) atoms. The third-order valence-electron chi connectivity index (χ3n) is 2.80. The first-order valence-corrected chi connectivity index (χ1v) is 7.46. The van der Waals surface area contributed by atoms with E-state index in [9.17, 15) is 27.3 Å². The van der Waals surface area contributed by atoms with E-state index in [0.29, 0.717) is 11.6 Å². The average Bonchev–Trinajstić information content (AvgIpc) is 2.45. The normalized spacial score (nSPS) is 11.4. The molecule has 1 N–H and O–H groups in total. The van der Waals surface area contributed by atoms with Gasteiger partial charge in [-0.2, -0.15) is 0 Å². The van der Waals surface area contributed by atoms with Gasteiger partial charge in [-0.15, -0.1) is 0 Å². The molecule has 0 radical (unpaired) electrons. The molecule has 9 heteroatoms. The van der Waals surface area contributed by atoms with Gasteiger partial charge < -0.3 is 0 Å². The van der Waals surface area contributed by atoms with Crippen LogP contribution in [0.15, 0.2) is 47.4 Å². The number of benzene rings is 2. The van der Waals surface area contributed by atoms with Crippen molar-refractivity contribution in [3.63, 3.8) is 0 Å². The summed E-state index contributed by atoms with van der Waals surface area (Å²) < 4.78 is 52.3. The number of hydrogen-bond acceptors (Lipinski definition) is 4. The van der Waals surface area contributed by atoms with Crippen LogP contribution in [-0.2, 0) is 16.6 Å². The fourth-order valence-electron chi connectivity index (χ4n) is 1.68. The van der Waals surface area contributed by atoms with Crippen molar-refractivity contribution in [2.45, 2.75) is 11.4 Å². The predicted octanol–water partition coefficient (Wildman–Crippen LogP) is 2.35. The minimum atomic E-state index is -4.16. The quantitative estimate of drug-likeness (QED) is 0.674. The van der Waals surface area contributed by atoms with Crippen LogP contribution >= 0.6 is 0 Å². The van der Waals surface area contributed by atoms with Crippen molar-refractivity contribution < 1.29 is 22.1 Å². The Kier molecular flexibility index (Phi) is 4.48. The number of hydrogen-bond donors (Lipinski definition) is 1. The summed E-state index contributed by atoms with van der Waals surface area (Å²) >= 11 is 0. The molecule has 0 saturated heterocycles. The third-order valence-corrected chi connectivity index (χ3v) is 4.23. The van der Waals surface area contributed by atoms with Gasteiger partial charge in [-0.3, -0.25) is 10.1 Å². The first kappa shape index (κ1) is 16.0. The summed E-state index contributed by atoms with van der Waals surface area (Å²) in [5.41, 5.74) is 0.327. The highest BCUT2D eigenvalue weighted by Crippen LogP contribution is 2.16. The molecular formula is C13H10F2N2O4S. The van der Waals surface area contributed by atoms with Crippen LogP contribution < -0.4 is 4.72 Å². The zero-order chi connectivity index (χ0) is 16.3. The number of nitro groups is 1. The largest absolute Gasteiger partial charge is 0.269 e. The molecule has 0 saturated carbocycles. The predicted molar refractivity (Wildman–Crippen MR) is 73.5 cm³/mol. The molecule has 2 aromatic rings. The lowest BCUT2D eigenvalue weighted by Gasteiger charge is -2.07. The van der Waals surface area contributed by atoms with Gasteiger partial charge >= 0.3 is 0 Å². The van der Waals surface area contributed by atoms with Crippen LogP contribution in [-0.4, -0.2) is 13.3 Å². The van der Waals surface area contributed by atoms with E-state index < -0.39 is 31.5 Å². The van der Waals surface area contributed by atoms with Crippen molar-refractivity contribution >= 4 is 15.7 Å². The lowest BCUT2D eigenvalue weighted by molar-refractivity contribution is -0.384. The Balaban J connectivity index is 2.14. The molecule has 0 aromatic heterocycles. The van der Waals surface area contributed by atoms with E-state index in [1.54, 1.807) is 0 Å². The van der Waals surface area contributed by atoms with E-state index in [2.05, 4.69) is 4.72 Å². The van der Waals surface area contributed by atoms with Crippen molar-refractivity contribution in [3.8, 4) is 0 Å². The number of nitrogens with one attached hydrogen (secondary N) is 1. The molecule has 0 fully saturated rings. The van der Waals surface area contributed by atoms with Crippen LogP contribution in [0.5, 0.6) is 0 Å². The molecule has 0 aliphatic heterocycles. The van der Waals surface area contributed by atoms with Crippen LogP contribution in [0.2, 0.25) is 0 Å². The lowest BCUT2D eigenvalue weighted by Crippen LogP contribution is -2.24. The van der Waals surface area contributed by atoms with Crippen molar-refractivity contribution in [1.82, 2.24) is 4.72 Å². The van der Waals surface area contributed by atoms with Gasteiger partial charge in [0, 0.05) is 24.7 Å². The van der Waals surface area contributed by atoms with Crippen molar-refractivity contribution in [2.75, 3.05) is 0 Å². The zero-order valence-electron chi connectivity index (χ0n) is 11.0. The number of sulfonamides is 1. The van der Waals surface area contributed by atoms with Gasteiger partial charge in [-0.1, -0.05) is 12.1 Å². The van der Waals surface area contributed by atoms with E-state index in [0.717, 1.165) is 12.1 Å². The van der Waals surface area contributed by atoms with E-state index >= 15 is 0 Å². The van der Waals surface area contributed by atoms with E-state index in [-0.39, 0.29) is 12.2 Å². The zero-order valence-corrected chi connectivity index (χ0v) is 11.8. The fraction of sp³-hybridized carbons (Fsp3) is 0.0769. The molecule has 0 heterocycles. The smallest absolute Gasteiger partial charge is 0.258 e. The SMILES string of the molecule is O=[N+]([O-])c1ccc(CNS(=O)(=O)c2ccc(F)cc2F)cc1. The van der Waals surface area contributed by atoms with Crippen LogP contribution in [0, 0.1) is 21.7 Å². The third kappa shape index (κ3) is 3.62. The van der Waals surface area contributed by atoms with Crippen LogP contribution in [0.1, 0.15) is 5.56 Å². The van der Waals surface area contributed by atoms with Crippen molar-refractivity contribution in [2.24, 2.45) is 0 Å². The lowest BCUT2D eigenvalue weighted by atomic mass is 10.2. The number of non-ortho nitro benzene ring substituents is 1. The molecule has 0 spiro atoms. The standard InChI is InChI=1S/C13H10F2N2O4S/c14-10-3-6-13(12(15)7-10)22(20,21)16-8-9-1-4-11(5-2-9)17(18)19/h1-7,16H,8H2. The minimum absolute atomic E-state index is 0.129. The number of nitrogens with zero attached hydrogens (tertiary/aromatic N) is 1. The highest BCUT2D eigenvalue weighted by molar-refractivity contribution is 7.89. The second kappa shape index (κ2) is 6.16. The minimum Gasteiger partial charge on any atom is -0.258 e. The summed E-state index contributed by atoms with van der Waals surface area (Å²) in [6.45, 7) is -0.183. The summed E-state index contributed by atoms with van der Waals surface area (Å²) in [4.78, 5) is 9.25. The number of nitro benzene ring substituents is 1. The number of rotatable bonds is 5.